The first-order valence-electron chi connectivity index (χ1n) is 6.47. The number of benzene rings is 1. The lowest BCUT2D eigenvalue weighted by atomic mass is 9.78. The third-order valence-electron chi connectivity index (χ3n) is 3.74. The quantitative estimate of drug-likeness (QED) is 0.781. The summed E-state index contributed by atoms with van der Waals surface area (Å²) in [5.41, 5.74) is -1.30. The number of rotatable bonds is 3. The highest BCUT2D eigenvalue weighted by Crippen LogP contribution is 2.36. The highest BCUT2D eigenvalue weighted by molar-refractivity contribution is 5.28. The second-order valence-corrected chi connectivity index (χ2v) is 6.26. The molecule has 2 unspecified atom stereocenters. The molecule has 2 atom stereocenters. The van der Waals surface area contributed by atoms with Crippen molar-refractivity contribution >= 4 is 0 Å². The molecular weight excluding hydrogens is 272 g/mol. The van der Waals surface area contributed by atoms with E-state index < -0.39 is 23.7 Å². The summed E-state index contributed by atoms with van der Waals surface area (Å²) in [7, 11) is 0. The van der Waals surface area contributed by atoms with Crippen molar-refractivity contribution in [2.75, 3.05) is 0 Å². The van der Waals surface area contributed by atoms with E-state index in [-0.39, 0.29) is 16.9 Å². The van der Waals surface area contributed by atoms with Crippen molar-refractivity contribution in [1.82, 2.24) is 0 Å². The van der Waals surface area contributed by atoms with Gasteiger partial charge in [0, 0.05) is 0 Å². The number of halogens is 4. The molecule has 1 aromatic rings. The maximum atomic E-state index is 13.2. The van der Waals surface area contributed by atoms with Crippen molar-refractivity contribution in [2.45, 2.75) is 46.4 Å². The maximum Gasteiger partial charge on any atom is 0.419 e. The lowest BCUT2D eigenvalue weighted by Crippen LogP contribution is -2.20. The fourth-order valence-electron chi connectivity index (χ4n) is 1.79. The summed E-state index contributed by atoms with van der Waals surface area (Å²) in [4.78, 5) is 0. The van der Waals surface area contributed by atoms with Crippen LogP contribution >= 0.6 is 0 Å². The fraction of sp³-hybridized carbons (Fsp3) is 0.600. The Balaban J connectivity index is 2.98. The lowest BCUT2D eigenvalue weighted by molar-refractivity contribution is -0.140. The standard InChI is InChI=1S/C15H20F4O/c1-9(14(2,3)4)7-13(20)10-5-6-12(16)11(8-10)15(17,18)19/h5-6,8-9,13,20H,7H2,1-4H3. The minimum absolute atomic E-state index is 0.0616. The Morgan fingerprint density at radius 3 is 2.15 bits per heavy atom. The van der Waals surface area contributed by atoms with Gasteiger partial charge in [-0.3, -0.25) is 0 Å². The van der Waals surface area contributed by atoms with Gasteiger partial charge in [0.2, 0.25) is 0 Å². The predicted molar refractivity (Wildman–Crippen MR) is 69.6 cm³/mol. The van der Waals surface area contributed by atoms with E-state index in [1.807, 2.05) is 27.7 Å². The highest BCUT2D eigenvalue weighted by Gasteiger charge is 2.35. The van der Waals surface area contributed by atoms with E-state index in [0.717, 1.165) is 6.07 Å². The normalized spacial score (nSPS) is 16.1. The van der Waals surface area contributed by atoms with Crippen LogP contribution in [-0.4, -0.2) is 5.11 Å². The molecule has 0 bridgehead atoms. The van der Waals surface area contributed by atoms with Crippen molar-refractivity contribution in [2.24, 2.45) is 11.3 Å². The van der Waals surface area contributed by atoms with E-state index in [9.17, 15) is 22.7 Å². The molecule has 0 aliphatic heterocycles. The molecule has 20 heavy (non-hydrogen) atoms. The Kier molecular flexibility index (Phi) is 4.85. The van der Waals surface area contributed by atoms with E-state index in [1.54, 1.807) is 0 Å². The molecule has 0 amide bonds. The van der Waals surface area contributed by atoms with E-state index in [4.69, 9.17) is 0 Å². The van der Waals surface area contributed by atoms with Gasteiger partial charge in [-0.05, 0) is 35.4 Å². The Bertz CT molecular complexity index is 460. The fourth-order valence-corrected chi connectivity index (χ4v) is 1.79. The molecule has 0 heterocycles. The molecule has 0 saturated carbocycles. The van der Waals surface area contributed by atoms with Crippen LogP contribution in [0.25, 0.3) is 0 Å². The topological polar surface area (TPSA) is 20.2 Å². The zero-order valence-electron chi connectivity index (χ0n) is 12.1. The summed E-state index contributed by atoms with van der Waals surface area (Å²) in [5.74, 6) is -1.21. The molecule has 1 nitrogen and oxygen atoms in total. The molecule has 1 rings (SSSR count). The third kappa shape index (κ3) is 4.20. The van der Waals surface area contributed by atoms with E-state index in [1.165, 1.54) is 6.07 Å². The first kappa shape index (κ1) is 17.0. The van der Waals surface area contributed by atoms with Crippen LogP contribution in [0.2, 0.25) is 0 Å². The largest absolute Gasteiger partial charge is 0.419 e. The summed E-state index contributed by atoms with van der Waals surface area (Å²) in [6.45, 7) is 7.92. The summed E-state index contributed by atoms with van der Waals surface area (Å²) in [5, 5.41) is 10.0. The summed E-state index contributed by atoms with van der Waals surface area (Å²) in [6, 6.07) is 2.64. The molecule has 0 spiro atoms. The Labute approximate surface area is 116 Å². The first-order chi connectivity index (χ1) is 8.93. The zero-order chi connectivity index (χ0) is 15.7. The number of alkyl halides is 3. The van der Waals surface area contributed by atoms with E-state index >= 15 is 0 Å². The molecule has 0 aromatic heterocycles. The van der Waals surface area contributed by atoms with Crippen molar-refractivity contribution < 1.29 is 22.7 Å². The van der Waals surface area contributed by atoms with Gasteiger partial charge in [0.1, 0.15) is 5.82 Å². The average molecular weight is 292 g/mol. The van der Waals surface area contributed by atoms with Gasteiger partial charge in [0.05, 0.1) is 11.7 Å². The molecule has 0 aliphatic rings. The van der Waals surface area contributed by atoms with Gasteiger partial charge in [-0.15, -0.1) is 0 Å². The number of aliphatic hydroxyl groups excluding tert-OH is 1. The summed E-state index contributed by atoms with van der Waals surface area (Å²) < 4.78 is 51.0. The molecule has 0 fully saturated rings. The number of aliphatic hydroxyl groups is 1. The van der Waals surface area contributed by atoms with Gasteiger partial charge >= 0.3 is 6.18 Å². The van der Waals surface area contributed by atoms with Crippen LogP contribution in [0.5, 0.6) is 0 Å². The van der Waals surface area contributed by atoms with Crippen molar-refractivity contribution in [1.29, 1.82) is 0 Å². The third-order valence-corrected chi connectivity index (χ3v) is 3.74. The first-order valence-corrected chi connectivity index (χ1v) is 6.47. The Morgan fingerprint density at radius 1 is 1.15 bits per heavy atom. The van der Waals surface area contributed by atoms with Crippen molar-refractivity contribution in [3.8, 4) is 0 Å². The Morgan fingerprint density at radius 2 is 1.70 bits per heavy atom. The molecule has 114 valence electrons. The SMILES string of the molecule is CC(CC(O)c1ccc(F)c(C(F)(F)F)c1)C(C)(C)C. The van der Waals surface area contributed by atoms with Crippen LogP contribution in [0.15, 0.2) is 18.2 Å². The van der Waals surface area contributed by atoms with Crippen molar-refractivity contribution in [3.63, 3.8) is 0 Å². The number of hydrogen-bond acceptors (Lipinski definition) is 1. The van der Waals surface area contributed by atoms with E-state index in [0.29, 0.717) is 12.5 Å². The molecule has 0 radical (unpaired) electrons. The minimum Gasteiger partial charge on any atom is -0.388 e. The van der Waals surface area contributed by atoms with Gasteiger partial charge in [-0.25, -0.2) is 4.39 Å². The lowest BCUT2D eigenvalue weighted by Gasteiger charge is -2.29. The zero-order valence-corrected chi connectivity index (χ0v) is 12.1. The van der Waals surface area contributed by atoms with Gasteiger partial charge in [-0.2, -0.15) is 13.2 Å². The molecule has 0 saturated heterocycles. The molecule has 1 N–H and O–H groups in total. The Hall–Kier alpha value is -1.10. The summed E-state index contributed by atoms with van der Waals surface area (Å²) in [6.07, 6.45) is -5.46. The van der Waals surface area contributed by atoms with Gasteiger partial charge < -0.3 is 5.11 Å². The molecule has 1 aromatic carbocycles. The van der Waals surface area contributed by atoms with Crippen LogP contribution in [-0.2, 0) is 6.18 Å². The van der Waals surface area contributed by atoms with Crippen LogP contribution in [0, 0.1) is 17.2 Å². The van der Waals surface area contributed by atoms with Crippen LogP contribution in [0.4, 0.5) is 17.6 Å². The smallest absolute Gasteiger partial charge is 0.388 e. The average Bonchev–Trinajstić information content (AvgIpc) is 2.26. The monoisotopic (exact) mass is 292 g/mol. The molecule has 0 aliphatic carbocycles. The van der Waals surface area contributed by atoms with Crippen molar-refractivity contribution in [3.05, 3.63) is 35.1 Å². The van der Waals surface area contributed by atoms with Gasteiger partial charge in [0.25, 0.3) is 0 Å². The molecular formula is C15H20F4O. The maximum absolute atomic E-state index is 13.2. The molecule has 5 heteroatoms. The highest BCUT2D eigenvalue weighted by atomic mass is 19.4. The minimum atomic E-state index is -4.75. The second-order valence-electron chi connectivity index (χ2n) is 6.26. The number of hydrogen-bond donors (Lipinski definition) is 1. The van der Waals surface area contributed by atoms with Crippen LogP contribution in [0.1, 0.15) is 51.3 Å². The second kappa shape index (κ2) is 5.72. The predicted octanol–water partition coefficient (Wildman–Crippen LogP) is 4.95. The van der Waals surface area contributed by atoms with Gasteiger partial charge in [-0.1, -0.05) is 33.8 Å². The van der Waals surface area contributed by atoms with Crippen LogP contribution < -0.4 is 0 Å². The summed E-state index contributed by atoms with van der Waals surface area (Å²) >= 11 is 0. The van der Waals surface area contributed by atoms with E-state index in [2.05, 4.69) is 0 Å². The van der Waals surface area contributed by atoms with Gasteiger partial charge in [0.15, 0.2) is 0 Å². The van der Waals surface area contributed by atoms with Crippen LogP contribution in [0.3, 0.4) is 0 Å².